The second kappa shape index (κ2) is 9.59. The van der Waals surface area contributed by atoms with E-state index < -0.39 is 95.7 Å². The fourth-order valence-electron chi connectivity index (χ4n) is 5.74. The van der Waals surface area contributed by atoms with Gasteiger partial charge in [0.25, 0.3) is 0 Å². The van der Waals surface area contributed by atoms with Crippen LogP contribution in [0, 0.1) is 0 Å². The number of phenols is 2. The van der Waals surface area contributed by atoms with Gasteiger partial charge in [-0.15, -0.1) is 0 Å². The van der Waals surface area contributed by atoms with E-state index in [2.05, 4.69) is 0 Å². The number of aliphatic hydroxyl groups is 3. The van der Waals surface area contributed by atoms with Crippen LogP contribution in [0.25, 0.3) is 0 Å². The minimum absolute atomic E-state index is 0.00507. The van der Waals surface area contributed by atoms with E-state index in [1.165, 1.54) is 18.2 Å². The molecule has 3 aliphatic rings. The Kier molecular flexibility index (Phi) is 6.66. The van der Waals surface area contributed by atoms with Crippen molar-refractivity contribution >= 4 is 23.6 Å². The normalized spacial score (nSPS) is 29.8. The molecule has 1 aliphatic heterocycles. The molecule has 0 bridgehead atoms. The summed E-state index contributed by atoms with van der Waals surface area (Å²) in [6.45, 7) is 0.524. The van der Waals surface area contributed by atoms with Crippen LogP contribution in [0.3, 0.4) is 0 Å². The van der Waals surface area contributed by atoms with Gasteiger partial charge in [0.2, 0.25) is 0 Å². The number of Topliss-reactive ketones (excluding diaryl/α,β-unsaturated/α-hetero) is 1. The first kappa shape index (κ1) is 27.1. The number of rotatable bonds is 5. The topological polar surface area (TPSA) is 214 Å². The fourth-order valence-corrected chi connectivity index (χ4v) is 5.74. The van der Waals surface area contributed by atoms with Gasteiger partial charge in [0, 0.05) is 53.1 Å². The lowest BCUT2D eigenvalue weighted by atomic mass is 9.71. The van der Waals surface area contributed by atoms with Crippen LogP contribution < -0.4 is 5.73 Å². The summed E-state index contributed by atoms with van der Waals surface area (Å²) >= 11 is 0. The molecule has 206 valence electrons. The lowest BCUT2D eigenvalue weighted by Crippen LogP contribution is -2.53. The second-order valence-corrected chi connectivity index (χ2v) is 10.2. The summed E-state index contributed by atoms with van der Waals surface area (Å²) in [5, 5.41) is 53.6. The summed E-state index contributed by atoms with van der Waals surface area (Å²) in [5.74, 6) is -4.19. The lowest BCUT2D eigenvalue weighted by Gasteiger charge is -2.42. The van der Waals surface area contributed by atoms with Gasteiger partial charge < -0.3 is 40.7 Å². The largest absolute Gasteiger partial charge is 0.507 e. The lowest BCUT2D eigenvalue weighted by molar-refractivity contribution is -0.247. The van der Waals surface area contributed by atoms with Crippen LogP contribution in [0.5, 0.6) is 11.5 Å². The van der Waals surface area contributed by atoms with Crippen LogP contribution in [0.15, 0.2) is 18.2 Å². The molecule has 0 amide bonds. The molecule has 0 spiro atoms. The Balaban J connectivity index is 1.69. The molecule has 1 fully saturated rings. The van der Waals surface area contributed by atoms with Crippen molar-refractivity contribution < 1.29 is 54.2 Å². The standard InChI is InChI=1S/C27H27NO11/c1-10-22(32)14(28)5-17(38-10)39-15-7-27(37,16(31)9-30)6-13-19(15)26(36)21-20(24(13)34)23(33)12-4-2-3-11(8-29)18(12)25(21)35/h2-4,8,10,14-15,17,22,30,32,34,36-37H,5-7,9,28H2,1H3/t10?,14-,15+,17+,22-,27+/m1/s1. The first-order valence-electron chi connectivity index (χ1n) is 12.3. The smallest absolute Gasteiger partial charge is 0.199 e. The van der Waals surface area contributed by atoms with Gasteiger partial charge in [-0.05, 0) is 6.92 Å². The molecular weight excluding hydrogens is 514 g/mol. The molecular formula is C27H27NO11. The van der Waals surface area contributed by atoms with Gasteiger partial charge in [0.1, 0.15) is 23.7 Å². The predicted octanol–water partition coefficient (Wildman–Crippen LogP) is -0.195. The van der Waals surface area contributed by atoms with E-state index in [0.717, 1.165) is 0 Å². The van der Waals surface area contributed by atoms with Crippen LogP contribution in [0.2, 0.25) is 0 Å². The third kappa shape index (κ3) is 4.07. The molecule has 2 aliphatic carbocycles. The molecule has 1 heterocycles. The average Bonchev–Trinajstić information content (AvgIpc) is 2.90. The zero-order valence-corrected chi connectivity index (χ0v) is 20.8. The molecule has 1 unspecified atom stereocenters. The maximum atomic E-state index is 13.6. The van der Waals surface area contributed by atoms with E-state index >= 15 is 0 Å². The molecule has 1 saturated heterocycles. The summed E-state index contributed by atoms with van der Waals surface area (Å²) in [5.41, 5.74) is 1.77. The van der Waals surface area contributed by atoms with E-state index in [1.54, 1.807) is 6.92 Å². The number of benzene rings is 2. The average molecular weight is 542 g/mol. The first-order valence-corrected chi connectivity index (χ1v) is 12.3. The summed E-state index contributed by atoms with van der Waals surface area (Å²) in [6.07, 6.45) is -4.91. The van der Waals surface area contributed by atoms with Crippen LogP contribution in [0.1, 0.15) is 79.2 Å². The molecule has 2 aromatic rings. The number of carbonyl (C=O) groups excluding carboxylic acids is 4. The van der Waals surface area contributed by atoms with Crippen LogP contribution in [0.4, 0.5) is 0 Å². The quantitative estimate of drug-likeness (QED) is 0.183. The number of ether oxygens (including phenoxy) is 2. The monoisotopic (exact) mass is 541 g/mol. The molecule has 0 radical (unpaired) electrons. The van der Waals surface area contributed by atoms with Crippen LogP contribution >= 0.6 is 0 Å². The number of ketones is 3. The molecule has 5 rings (SSSR count). The van der Waals surface area contributed by atoms with Gasteiger partial charge >= 0.3 is 0 Å². The van der Waals surface area contributed by atoms with E-state index in [0.29, 0.717) is 6.29 Å². The molecule has 12 heteroatoms. The van der Waals surface area contributed by atoms with E-state index in [-0.39, 0.29) is 34.2 Å². The molecule has 0 saturated carbocycles. The first-order chi connectivity index (χ1) is 18.4. The molecule has 12 nitrogen and oxygen atoms in total. The summed E-state index contributed by atoms with van der Waals surface area (Å²) in [6, 6.07) is 3.29. The van der Waals surface area contributed by atoms with Crippen LogP contribution in [-0.4, -0.2) is 85.9 Å². The molecule has 2 aromatic carbocycles. The van der Waals surface area contributed by atoms with Crippen molar-refractivity contribution in [3.05, 3.63) is 57.1 Å². The number of hydrogen-bond acceptors (Lipinski definition) is 12. The van der Waals surface area contributed by atoms with Gasteiger partial charge in [-0.1, -0.05) is 18.2 Å². The number of phenolic OH excluding ortho intramolecular Hbond substituents is 2. The van der Waals surface area contributed by atoms with Crippen molar-refractivity contribution in [1.82, 2.24) is 0 Å². The maximum Gasteiger partial charge on any atom is 0.199 e. The second-order valence-electron chi connectivity index (χ2n) is 10.2. The number of aliphatic hydroxyl groups excluding tert-OH is 2. The minimum Gasteiger partial charge on any atom is -0.507 e. The Morgan fingerprint density at radius 2 is 1.87 bits per heavy atom. The Hall–Kier alpha value is -3.52. The Morgan fingerprint density at radius 1 is 1.18 bits per heavy atom. The summed E-state index contributed by atoms with van der Waals surface area (Å²) in [7, 11) is 0. The highest BCUT2D eigenvalue weighted by Crippen LogP contribution is 2.52. The summed E-state index contributed by atoms with van der Waals surface area (Å²) in [4.78, 5) is 51.2. The highest BCUT2D eigenvalue weighted by atomic mass is 16.7. The van der Waals surface area contributed by atoms with E-state index in [9.17, 15) is 44.7 Å². The van der Waals surface area contributed by atoms with Gasteiger partial charge in [-0.3, -0.25) is 19.2 Å². The Labute approximate surface area is 221 Å². The van der Waals surface area contributed by atoms with Crippen molar-refractivity contribution in [1.29, 1.82) is 0 Å². The molecule has 7 N–H and O–H groups in total. The highest BCUT2D eigenvalue weighted by molar-refractivity contribution is 6.32. The minimum atomic E-state index is -2.27. The number of nitrogens with two attached hydrogens (primary N) is 1. The van der Waals surface area contributed by atoms with Gasteiger partial charge in [-0.2, -0.15) is 0 Å². The van der Waals surface area contributed by atoms with E-state index in [4.69, 9.17) is 15.2 Å². The van der Waals surface area contributed by atoms with Gasteiger partial charge in [0.05, 0.1) is 29.4 Å². The van der Waals surface area contributed by atoms with Gasteiger partial charge in [0.15, 0.2) is 29.9 Å². The van der Waals surface area contributed by atoms with Crippen LogP contribution in [-0.2, 0) is 20.7 Å². The summed E-state index contributed by atoms with van der Waals surface area (Å²) < 4.78 is 11.7. The maximum absolute atomic E-state index is 13.6. The third-order valence-corrected chi connectivity index (χ3v) is 7.78. The highest BCUT2D eigenvalue weighted by Gasteiger charge is 2.50. The van der Waals surface area contributed by atoms with Crippen molar-refractivity contribution in [2.75, 3.05) is 6.61 Å². The Morgan fingerprint density at radius 3 is 2.51 bits per heavy atom. The number of aldehydes is 1. The van der Waals surface area contributed by atoms with Crippen molar-refractivity contribution in [2.24, 2.45) is 5.73 Å². The van der Waals surface area contributed by atoms with Crippen molar-refractivity contribution in [2.45, 2.75) is 62.4 Å². The fraction of sp³-hybridized carbons (Fsp3) is 0.407. The molecule has 0 aromatic heterocycles. The van der Waals surface area contributed by atoms with Gasteiger partial charge in [-0.25, -0.2) is 0 Å². The van der Waals surface area contributed by atoms with Crippen molar-refractivity contribution in [3.8, 4) is 11.5 Å². The number of carbonyl (C=O) groups is 4. The third-order valence-electron chi connectivity index (χ3n) is 7.78. The SMILES string of the molecule is CC1O[C@@H](O[C@H]2C[C@](O)(C(=O)CO)Cc3c(O)c4c(c(O)c32)C(=O)c2c(C=O)cccc2C4=O)C[C@@H](N)[C@@H]1O. The predicted molar refractivity (Wildman–Crippen MR) is 131 cm³/mol. The molecule has 39 heavy (non-hydrogen) atoms. The number of fused-ring (bicyclic) bond motifs is 3. The molecule has 6 atom stereocenters. The Bertz CT molecular complexity index is 1410. The number of aromatic hydroxyl groups is 2. The number of hydrogen-bond donors (Lipinski definition) is 6. The van der Waals surface area contributed by atoms with E-state index in [1.807, 2.05) is 0 Å². The van der Waals surface area contributed by atoms with Crippen molar-refractivity contribution in [3.63, 3.8) is 0 Å². The zero-order valence-electron chi connectivity index (χ0n) is 20.8. The zero-order chi connectivity index (χ0) is 28.4.